The van der Waals surface area contributed by atoms with E-state index in [1.54, 1.807) is 4.52 Å². The molecule has 19 heavy (non-hydrogen) atoms. The number of rotatable bonds is 2. The predicted molar refractivity (Wildman–Crippen MR) is 76.3 cm³/mol. The molecule has 0 spiro atoms. The Hall–Kier alpha value is -2.56. The van der Waals surface area contributed by atoms with E-state index in [0.717, 1.165) is 27.9 Å². The van der Waals surface area contributed by atoms with Crippen LogP contribution in [0.4, 0.5) is 11.5 Å². The minimum atomic E-state index is 0.460. The van der Waals surface area contributed by atoms with Crippen molar-refractivity contribution in [2.45, 2.75) is 6.42 Å². The molecule has 0 bridgehead atoms. The maximum Gasteiger partial charge on any atom is 0.151 e. The summed E-state index contributed by atoms with van der Waals surface area (Å²) in [5.41, 5.74) is 16.4. The number of hydrogen-bond donors (Lipinski definition) is 2. The molecule has 3 aromatic rings. The summed E-state index contributed by atoms with van der Waals surface area (Å²) in [4.78, 5) is 4.06. The van der Waals surface area contributed by atoms with Crippen LogP contribution < -0.4 is 11.5 Å². The second kappa shape index (κ2) is 4.28. The summed E-state index contributed by atoms with van der Waals surface area (Å²) in [6.45, 7) is 3.96. The average Bonchev–Trinajstić information content (AvgIpc) is 2.80. The number of aromatic nitrogens is 3. The van der Waals surface area contributed by atoms with E-state index in [1.807, 2.05) is 30.5 Å². The van der Waals surface area contributed by atoms with E-state index in [2.05, 4.69) is 17.0 Å². The number of fused-ring (bicyclic) bond motifs is 1. The Balaban J connectivity index is 2.35. The van der Waals surface area contributed by atoms with Gasteiger partial charge in [-0.2, -0.15) is 5.10 Å². The summed E-state index contributed by atoms with van der Waals surface area (Å²) in [6.07, 6.45) is 4.04. The van der Waals surface area contributed by atoms with Crippen LogP contribution in [-0.2, 0) is 6.42 Å². The zero-order chi connectivity index (χ0) is 13.4. The Kier molecular flexibility index (Phi) is 2.59. The van der Waals surface area contributed by atoms with Gasteiger partial charge in [0.2, 0.25) is 0 Å². The molecule has 5 heteroatoms. The van der Waals surface area contributed by atoms with Crippen LogP contribution in [0.5, 0.6) is 0 Å². The lowest BCUT2D eigenvalue weighted by molar-refractivity contribution is 0.903. The van der Waals surface area contributed by atoms with Gasteiger partial charge in [0.15, 0.2) is 5.82 Å². The van der Waals surface area contributed by atoms with Gasteiger partial charge in [0.25, 0.3) is 0 Å². The van der Waals surface area contributed by atoms with Gasteiger partial charge in [0, 0.05) is 17.4 Å². The number of benzene rings is 1. The Morgan fingerprint density at radius 1 is 1.16 bits per heavy atom. The normalized spacial score (nSPS) is 11.0. The highest BCUT2D eigenvalue weighted by molar-refractivity contribution is 5.90. The molecule has 2 aromatic heterocycles. The number of nitrogens with zero attached hydrogens (tertiary/aromatic N) is 3. The molecule has 0 fully saturated rings. The molecule has 5 nitrogen and oxygen atoms in total. The van der Waals surface area contributed by atoms with Crippen LogP contribution in [0.25, 0.3) is 16.6 Å². The molecule has 0 aliphatic carbocycles. The Bertz CT molecular complexity index is 727. The van der Waals surface area contributed by atoms with Gasteiger partial charge in [-0.15, -0.1) is 0 Å². The largest absolute Gasteiger partial charge is 0.399 e. The molecule has 1 radical (unpaired) electrons. The predicted octanol–water partition coefficient (Wildman–Crippen LogP) is 1.94. The Labute approximate surface area is 110 Å². The van der Waals surface area contributed by atoms with Crippen molar-refractivity contribution in [2.24, 2.45) is 0 Å². The molecule has 4 N–H and O–H groups in total. The van der Waals surface area contributed by atoms with E-state index in [9.17, 15) is 0 Å². The topological polar surface area (TPSA) is 82.2 Å². The first-order chi connectivity index (χ1) is 9.20. The summed E-state index contributed by atoms with van der Waals surface area (Å²) in [7, 11) is 0. The minimum absolute atomic E-state index is 0.460. The second-order valence-corrected chi connectivity index (χ2v) is 4.34. The van der Waals surface area contributed by atoms with Crippen molar-refractivity contribution in [3.63, 3.8) is 0 Å². The molecular weight excluding hydrogens is 238 g/mol. The minimum Gasteiger partial charge on any atom is -0.399 e. The fourth-order valence-electron chi connectivity index (χ4n) is 2.25. The van der Waals surface area contributed by atoms with Crippen molar-refractivity contribution in [3.8, 4) is 11.1 Å². The highest BCUT2D eigenvalue weighted by Crippen LogP contribution is 2.32. The van der Waals surface area contributed by atoms with Crippen molar-refractivity contribution in [2.75, 3.05) is 11.5 Å². The van der Waals surface area contributed by atoms with Crippen LogP contribution in [0.2, 0.25) is 0 Å². The third kappa shape index (κ3) is 1.79. The first-order valence-corrected chi connectivity index (χ1v) is 5.96. The molecule has 95 valence electrons. The quantitative estimate of drug-likeness (QED) is 0.683. The van der Waals surface area contributed by atoms with Gasteiger partial charge in [0.1, 0.15) is 11.8 Å². The molecule has 2 heterocycles. The van der Waals surface area contributed by atoms with Crippen LogP contribution in [0.15, 0.2) is 36.8 Å². The van der Waals surface area contributed by atoms with Crippen LogP contribution in [0.1, 0.15) is 5.56 Å². The maximum absolute atomic E-state index is 5.98. The monoisotopic (exact) mass is 252 g/mol. The summed E-state index contributed by atoms with van der Waals surface area (Å²) >= 11 is 0. The van der Waals surface area contributed by atoms with Crippen LogP contribution in [-0.4, -0.2) is 14.6 Å². The first-order valence-electron chi connectivity index (χ1n) is 5.96. The van der Waals surface area contributed by atoms with Gasteiger partial charge < -0.3 is 11.5 Å². The lowest BCUT2D eigenvalue weighted by Crippen LogP contribution is -1.98. The lowest BCUT2D eigenvalue weighted by atomic mass is 10.0. The zero-order valence-electron chi connectivity index (χ0n) is 10.4. The molecule has 0 aliphatic heterocycles. The molecule has 0 saturated carbocycles. The molecule has 0 saturated heterocycles. The highest BCUT2D eigenvalue weighted by Gasteiger charge is 2.15. The van der Waals surface area contributed by atoms with Crippen molar-refractivity contribution < 1.29 is 0 Å². The summed E-state index contributed by atoms with van der Waals surface area (Å²) in [5, 5.41) is 4.19. The van der Waals surface area contributed by atoms with E-state index in [1.165, 1.54) is 6.33 Å². The lowest BCUT2D eigenvalue weighted by Gasteiger charge is -2.05. The molecular formula is C14H14N5. The Morgan fingerprint density at radius 3 is 2.58 bits per heavy atom. The van der Waals surface area contributed by atoms with Crippen LogP contribution >= 0.6 is 0 Å². The summed E-state index contributed by atoms with van der Waals surface area (Å²) < 4.78 is 1.74. The van der Waals surface area contributed by atoms with Gasteiger partial charge in [-0.3, -0.25) is 0 Å². The third-order valence-electron chi connectivity index (χ3n) is 3.15. The SMILES string of the molecule is [CH2]Cc1cn2ncnc(N)c2c1-c1ccc(N)cc1. The maximum atomic E-state index is 5.98. The van der Waals surface area contributed by atoms with E-state index in [0.29, 0.717) is 12.2 Å². The van der Waals surface area contributed by atoms with Crippen molar-refractivity contribution in [3.05, 3.63) is 49.3 Å². The van der Waals surface area contributed by atoms with Gasteiger partial charge in [0.05, 0.1) is 0 Å². The Morgan fingerprint density at radius 2 is 1.89 bits per heavy atom. The number of nitrogen functional groups attached to an aromatic ring is 2. The van der Waals surface area contributed by atoms with Crippen molar-refractivity contribution in [1.82, 2.24) is 14.6 Å². The van der Waals surface area contributed by atoms with Gasteiger partial charge in [-0.25, -0.2) is 9.50 Å². The summed E-state index contributed by atoms with van der Waals surface area (Å²) in [6, 6.07) is 7.67. The second-order valence-electron chi connectivity index (χ2n) is 4.34. The van der Waals surface area contributed by atoms with Crippen molar-refractivity contribution >= 4 is 17.0 Å². The van der Waals surface area contributed by atoms with Gasteiger partial charge in [-0.1, -0.05) is 12.1 Å². The fraction of sp³-hybridized carbons (Fsp3) is 0.0714. The highest BCUT2D eigenvalue weighted by atomic mass is 15.2. The zero-order valence-corrected chi connectivity index (χ0v) is 10.4. The summed E-state index contributed by atoms with van der Waals surface area (Å²) in [5.74, 6) is 0.460. The van der Waals surface area contributed by atoms with E-state index in [4.69, 9.17) is 11.5 Å². The molecule has 0 amide bonds. The third-order valence-corrected chi connectivity index (χ3v) is 3.15. The van der Waals surface area contributed by atoms with Crippen molar-refractivity contribution in [1.29, 1.82) is 0 Å². The molecule has 1 aromatic carbocycles. The number of nitrogens with two attached hydrogens (primary N) is 2. The first kappa shape index (κ1) is 11.5. The van der Waals surface area contributed by atoms with Crippen LogP contribution in [0, 0.1) is 6.92 Å². The molecule has 0 unspecified atom stereocenters. The standard InChI is InChI=1S/C14H14N5/c1-2-9-7-19-13(14(16)17-8-18-19)12(9)10-3-5-11(15)6-4-10/h3-8H,1-2,15H2,(H2,16,17,18). The smallest absolute Gasteiger partial charge is 0.151 e. The molecule has 3 rings (SSSR count). The van der Waals surface area contributed by atoms with Crippen LogP contribution in [0.3, 0.4) is 0 Å². The number of hydrogen-bond acceptors (Lipinski definition) is 4. The van der Waals surface area contributed by atoms with Gasteiger partial charge >= 0.3 is 0 Å². The van der Waals surface area contributed by atoms with E-state index >= 15 is 0 Å². The van der Waals surface area contributed by atoms with E-state index in [-0.39, 0.29) is 0 Å². The molecule has 0 atom stereocenters. The van der Waals surface area contributed by atoms with Gasteiger partial charge in [-0.05, 0) is 36.6 Å². The fourth-order valence-corrected chi connectivity index (χ4v) is 2.25. The average molecular weight is 252 g/mol. The molecule has 0 aliphatic rings. The number of anilines is 2. The van der Waals surface area contributed by atoms with E-state index < -0.39 is 0 Å².